The van der Waals surface area contributed by atoms with Crippen molar-refractivity contribution in [2.75, 3.05) is 39.9 Å². The molecule has 0 spiro atoms. The van der Waals surface area contributed by atoms with Gasteiger partial charge in [0.2, 0.25) is 0 Å². The molecule has 43 heavy (non-hydrogen) atoms. The first kappa shape index (κ1) is 30.4. The molecule has 5 rings (SSSR count). The summed E-state index contributed by atoms with van der Waals surface area (Å²) in [5.41, 5.74) is 2.33. The summed E-state index contributed by atoms with van der Waals surface area (Å²) in [6.07, 6.45) is 1.24. The van der Waals surface area contributed by atoms with Crippen molar-refractivity contribution in [2.24, 2.45) is 0 Å². The Hall–Kier alpha value is -4.05. The first-order valence-electron chi connectivity index (χ1n) is 15.0. The summed E-state index contributed by atoms with van der Waals surface area (Å²) in [4.78, 5) is 43.2. The zero-order valence-corrected chi connectivity index (χ0v) is 25.8. The van der Waals surface area contributed by atoms with E-state index in [2.05, 4.69) is 10.2 Å². The maximum Gasteiger partial charge on any atom is 0.410 e. The van der Waals surface area contributed by atoms with Crippen molar-refractivity contribution in [3.05, 3.63) is 69.5 Å². The number of carbonyl (C=O) groups is 2. The zero-order chi connectivity index (χ0) is 30.7. The number of carbonyl (C=O) groups excluding carboxylic acids is 2. The van der Waals surface area contributed by atoms with Crippen LogP contribution >= 0.6 is 0 Å². The first-order valence-corrected chi connectivity index (χ1v) is 15.0. The molecule has 3 aromatic rings. The van der Waals surface area contributed by atoms with Crippen molar-refractivity contribution < 1.29 is 23.8 Å². The monoisotopic (exact) mass is 590 g/mol. The van der Waals surface area contributed by atoms with Gasteiger partial charge in [-0.1, -0.05) is 18.2 Å². The SMILES string of the molecule is CNC(=O)c1cc(=O)n(CCN2CCC(N(Cc3ccc4c(c3)OCCO4)C(=O)OC(C)(C)C)CC2)c2cc(C)ccc12. The molecule has 0 atom stereocenters. The van der Waals surface area contributed by atoms with E-state index >= 15 is 0 Å². The predicted octanol–water partition coefficient (Wildman–Crippen LogP) is 4.34. The lowest BCUT2D eigenvalue weighted by molar-refractivity contribution is 0.00562. The molecule has 1 aromatic heterocycles. The Morgan fingerprint density at radius 2 is 1.72 bits per heavy atom. The highest BCUT2D eigenvalue weighted by Gasteiger charge is 2.31. The molecule has 230 valence electrons. The van der Waals surface area contributed by atoms with Gasteiger partial charge in [0.1, 0.15) is 18.8 Å². The number of nitrogens with one attached hydrogen (secondary N) is 1. The fourth-order valence-electron chi connectivity index (χ4n) is 5.79. The highest BCUT2D eigenvalue weighted by molar-refractivity contribution is 6.06. The molecule has 0 saturated carbocycles. The number of amides is 2. The Kier molecular flexibility index (Phi) is 8.96. The molecule has 1 N–H and O–H groups in total. The van der Waals surface area contributed by atoms with Crippen LogP contribution in [0, 0.1) is 6.92 Å². The molecule has 0 unspecified atom stereocenters. The van der Waals surface area contributed by atoms with Gasteiger partial charge in [-0.3, -0.25) is 9.59 Å². The second-order valence-corrected chi connectivity index (χ2v) is 12.3. The van der Waals surface area contributed by atoms with Gasteiger partial charge in [0, 0.05) is 57.3 Å². The van der Waals surface area contributed by atoms with Crippen molar-refractivity contribution in [3.63, 3.8) is 0 Å². The van der Waals surface area contributed by atoms with Crippen LogP contribution in [0.2, 0.25) is 0 Å². The fourth-order valence-corrected chi connectivity index (χ4v) is 5.79. The quantitative estimate of drug-likeness (QED) is 0.437. The molecule has 3 heterocycles. The van der Waals surface area contributed by atoms with Crippen molar-refractivity contribution in [3.8, 4) is 11.5 Å². The predicted molar refractivity (Wildman–Crippen MR) is 165 cm³/mol. The summed E-state index contributed by atoms with van der Waals surface area (Å²) in [6.45, 7) is 11.8. The number of hydrogen-bond acceptors (Lipinski definition) is 7. The van der Waals surface area contributed by atoms with Crippen molar-refractivity contribution >= 4 is 22.9 Å². The minimum atomic E-state index is -0.607. The molecule has 2 aromatic carbocycles. The molecule has 0 aliphatic carbocycles. The number of nitrogens with zero attached hydrogens (tertiary/aromatic N) is 3. The van der Waals surface area contributed by atoms with Crippen molar-refractivity contribution in [1.29, 1.82) is 0 Å². The Balaban J connectivity index is 1.28. The molecule has 10 nitrogen and oxygen atoms in total. The number of pyridine rings is 1. The van der Waals surface area contributed by atoms with Gasteiger partial charge in [0.25, 0.3) is 11.5 Å². The van der Waals surface area contributed by atoms with E-state index in [1.165, 1.54) is 6.07 Å². The number of hydrogen-bond donors (Lipinski definition) is 1. The standard InChI is InChI=1S/C33H42N4O6/c1-22-6-8-25-26(31(39)34-5)20-30(38)36(27(25)18-22)15-14-35-12-10-24(11-13-35)37(32(40)43-33(2,3)4)21-23-7-9-28-29(19-23)42-17-16-41-28/h6-9,18-20,24H,10-17,21H2,1-5H3,(H,34,39). The van der Waals surface area contributed by atoms with Crippen LogP contribution < -0.4 is 20.3 Å². The van der Waals surface area contributed by atoms with Gasteiger partial charge >= 0.3 is 6.09 Å². The van der Waals surface area contributed by atoms with E-state index in [9.17, 15) is 14.4 Å². The lowest BCUT2D eigenvalue weighted by atomic mass is 10.0. The first-order chi connectivity index (χ1) is 20.5. The average molecular weight is 591 g/mol. The number of benzene rings is 2. The molecule has 0 radical (unpaired) electrons. The Morgan fingerprint density at radius 3 is 2.42 bits per heavy atom. The summed E-state index contributed by atoms with van der Waals surface area (Å²) in [5, 5.41) is 3.40. The molecule has 1 saturated heterocycles. The molecular weight excluding hydrogens is 548 g/mol. The van der Waals surface area contributed by atoms with Gasteiger partial charge in [-0.05, 0) is 69.9 Å². The lowest BCUT2D eigenvalue weighted by Crippen LogP contribution is -2.49. The zero-order valence-electron chi connectivity index (χ0n) is 25.8. The Labute approximate surface area is 252 Å². The van der Waals surface area contributed by atoms with E-state index < -0.39 is 5.60 Å². The average Bonchev–Trinajstić information content (AvgIpc) is 2.98. The summed E-state index contributed by atoms with van der Waals surface area (Å²) in [6, 6.07) is 13.1. The van der Waals surface area contributed by atoms with Gasteiger partial charge in [0.05, 0.1) is 11.1 Å². The van der Waals surface area contributed by atoms with Crippen LogP contribution in [0.3, 0.4) is 0 Å². The van der Waals surface area contributed by atoms with E-state index in [1.807, 2.05) is 69.0 Å². The Morgan fingerprint density at radius 1 is 1.00 bits per heavy atom. The molecule has 2 amide bonds. The van der Waals surface area contributed by atoms with E-state index in [0.29, 0.717) is 44.2 Å². The minimum absolute atomic E-state index is 0.0114. The highest BCUT2D eigenvalue weighted by atomic mass is 16.6. The number of piperidine rings is 1. The second-order valence-electron chi connectivity index (χ2n) is 12.3. The van der Waals surface area contributed by atoms with Crippen LogP contribution in [0.4, 0.5) is 4.79 Å². The number of rotatable bonds is 7. The molecule has 2 aliphatic rings. The van der Waals surface area contributed by atoms with Gasteiger partial charge in [-0.2, -0.15) is 0 Å². The number of likely N-dealkylation sites (tertiary alicyclic amines) is 1. The molecular formula is C33H42N4O6. The summed E-state index contributed by atoms with van der Waals surface area (Å²) >= 11 is 0. The highest BCUT2D eigenvalue weighted by Crippen LogP contribution is 2.32. The number of fused-ring (bicyclic) bond motifs is 2. The third-order valence-electron chi connectivity index (χ3n) is 7.96. The van der Waals surface area contributed by atoms with E-state index in [1.54, 1.807) is 11.6 Å². The van der Waals surface area contributed by atoms with Gasteiger partial charge in [-0.15, -0.1) is 0 Å². The molecule has 2 aliphatic heterocycles. The summed E-state index contributed by atoms with van der Waals surface area (Å²) in [7, 11) is 1.57. The second kappa shape index (κ2) is 12.7. The fraction of sp³-hybridized carbons (Fsp3) is 0.485. The minimum Gasteiger partial charge on any atom is -0.486 e. The van der Waals surface area contributed by atoms with Gasteiger partial charge < -0.3 is 33.9 Å². The lowest BCUT2D eigenvalue weighted by Gasteiger charge is -2.39. The largest absolute Gasteiger partial charge is 0.486 e. The van der Waals surface area contributed by atoms with Crippen molar-refractivity contribution in [2.45, 2.75) is 65.3 Å². The van der Waals surface area contributed by atoms with Crippen LogP contribution in [0.5, 0.6) is 11.5 Å². The van der Waals surface area contributed by atoms with Crippen LogP contribution in [0.1, 0.15) is 55.1 Å². The van der Waals surface area contributed by atoms with E-state index in [4.69, 9.17) is 14.2 Å². The number of ether oxygens (including phenoxy) is 3. The van der Waals surface area contributed by atoms with Gasteiger partial charge in [0.15, 0.2) is 11.5 Å². The number of aromatic nitrogens is 1. The maximum atomic E-state index is 13.4. The molecule has 1 fully saturated rings. The molecule has 0 bridgehead atoms. The third-order valence-corrected chi connectivity index (χ3v) is 7.96. The van der Waals surface area contributed by atoms with Crippen LogP contribution in [0.25, 0.3) is 10.9 Å². The van der Waals surface area contributed by atoms with Gasteiger partial charge in [-0.25, -0.2) is 4.79 Å². The van der Waals surface area contributed by atoms with Crippen molar-refractivity contribution in [1.82, 2.24) is 19.7 Å². The Bertz CT molecular complexity index is 1550. The summed E-state index contributed by atoms with van der Waals surface area (Å²) in [5.74, 6) is 1.15. The normalized spacial score (nSPS) is 15.7. The van der Waals surface area contributed by atoms with Crippen LogP contribution in [-0.4, -0.2) is 77.9 Å². The maximum absolute atomic E-state index is 13.4. The van der Waals surface area contributed by atoms with Crippen LogP contribution in [0.15, 0.2) is 47.3 Å². The molecule has 10 heteroatoms. The van der Waals surface area contributed by atoms with E-state index in [-0.39, 0.29) is 23.6 Å². The summed E-state index contributed by atoms with van der Waals surface area (Å²) < 4.78 is 19.0. The van der Waals surface area contributed by atoms with E-state index in [0.717, 1.165) is 53.7 Å². The smallest absolute Gasteiger partial charge is 0.410 e. The third kappa shape index (κ3) is 7.13. The van der Waals surface area contributed by atoms with Crippen LogP contribution in [-0.2, 0) is 17.8 Å². The topological polar surface area (TPSA) is 102 Å². The number of aryl methyl sites for hydroxylation is 1.